The van der Waals surface area contributed by atoms with E-state index in [1.807, 2.05) is 0 Å². The van der Waals surface area contributed by atoms with E-state index < -0.39 is 27.2 Å². The normalized spacial score (nSPS) is 17.0. The highest BCUT2D eigenvalue weighted by molar-refractivity contribution is 8.15. The SMILES string of the molecule is C=CCN1C(=O)S[C@H](CC(=O)Nc2ccc(C)cc2[N+](=O)[O-])C1=O. The highest BCUT2D eigenvalue weighted by atomic mass is 32.2. The minimum atomic E-state index is -0.832. The monoisotopic (exact) mass is 349 g/mol. The average Bonchev–Trinajstić information content (AvgIpc) is 2.76. The molecule has 24 heavy (non-hydrogen) atoms. The molecule has 1 aliphatic heterocycles. The Morgan fingerprint density at radius 3 is 2.83 bits per heavy atom. The minimum absolute atomic E-state index is 0.0559. The summed E-state index contributed by atoms with van der Waals surface area (Å²) >= 11 is 0.769. The number of hydrogen-bond donors (Lipinski definition) is 1. The van der Waals surface area contributed by atoms with Gasteiger partial charge in [-0.2, -0.15) is 0 Å². The molecule has 0 saturated carbocycles. The van der Waals surface area contributed by atoms with Crippen molar-refractivity contribution in [2.24, 2.45) is 0 Å². The van der Waals surface area contributed by atoms with Crippen LogP contribution in [0.3, 0.4) is 0 Å². The smallest absolute Gasteiger partial charge is 0.293 e. The maximum absolute atomic E-state index is 12.1. The molecule has 1 N–H and O–H groups in total. The molecule has 126 valence electrons. The van der Waals surface area contributed by atoms with Gasteiger partial charge in [0.05, 0.1) is 4.92 Å². The number of amides is 3. The summed E-state index contributed by atoms with van der Waals surface area (Å²) in [7, 11) is 0. The maximum atomic E-state index is 12.1. The van der Waals surface area contributed by atoms with Crippen LogP contribution in [0.5, 0.6) is 0 Å². The van der Waals surface area contributed by atoms with Crippen molar-refractivity contribution in [1.82, 2.24) is 4.90 Å². The molecule has 0 bridgehead atoms. The molecule has 0 aromatic heterocycles. The molecule has 1 aliphatic rings. The van der Waals surface area contributed by atoms with Crippen LogP contribution < -0.4 is 5.32 Å². The van der Waals surface area contributed by atoms with Gasteiger partial charge >= 0.3 is 0 Å². The molecule has 2 rings (SSSR count). The summed E-state index contributed by atoms with van der Waals surface area (Å²) in [5.41, 5.74) is 0.519. The second-order valence-electron chi connectivity index (χ2n) is 5.14. The molecule has 1 aromatic rings. The number of carbonyl (C=O) groups excluding carboxylic acids is 3. The zero-order chi connectivity index (χ0) is 17.9. The van der Waals surface area contributed by atoms with Crippen LogP contribution in [0, 0.1) is 17.0 Å². The summed E-state index contributed by atoms with van der Waals surface area (Å²) < 4.78 is 0. The molecular formula is C15H15N3O5S. The van der Waals surface area contributed by atoms with Gasteiger partial charge in [-0.1, -0.05) is 23.9 Å². The van der Waals surface area contributed by atoms with Gasteiger partial charge in [0.2, 0.25) is 11.8 Å². The Labute approximate surface area is 142 Å². The van der Waals surface area contributed by atoms with Gasteiger partial charge in [-0.25, -0.2) is 0 Å². The fourth-order valence-electron chi connectivity index (χ4n) is 2.19. The van der Waals surface area contributed by atoms with Gasteiger partial charge in [0.1, 0.15) is 10.9 Å². The molecule has 3 amide bonds. The Hall–Kier alpha value is -2.68. The molecule has 0 spiro atoms. The Kier molecular flexibility index (Phi) is 5.35. The van der Waals surface area contributed by atoms with Crippen LogP contribution in [-0.2, 0) is 9.59 Å². The number of nitrogens with zero attached hydrogens (tertiary/aromatic N) is 2. The minimum Gasteiger partial charge on any atom is -0.320 e. The van der Waals surface area contributed by atoms with E-state index in [2.05, 4.69) is 11.9 Å². The standard InChI is InChI=1S/C15H15N3O5S/c1-3-6-17-14(20)12(24-15(17)21)8-13(19)16-10-5-4-9(2)7-11(10)18(22)23/h3-5,7,12H,1,6,8H2,2H3,(H,16,19)/t12-/m1/s1. The molecular weight excluding hydrogens is 334 g/mol. The van der Waals surface area contributed by atoms with Crippen LogP contribution in [0.4, 0.5) is 16.2 Å². The zero-order valence-electron chi connectivity index (χ0n) is 12.9. The third kappa shape index (κ3) is 3.80. The first-order valence-electron chi connectivity index (χ1n) is 7.01. The van der Waals surface area contributed by atoms with E-state index in [0.29, 0.717) is 5.56 Å². The first-order valence-corrected chi connectivity index (χ1v) is 7.89. The Bertz CT molecular complexity index is 734. The second-order valence-corrected chi connectivity index (χ2v) is 6.29. The summed E-state index contributed by atoms with van der Waals surface area (Å²) in [6, 6.07) is 4.41. The molecule has 1 heterocycles. The van der Waals surface area contributed by atoms with Crippen molar-refractivity contribution < 1.29 is 19.3 Å². The predicted molar refractivity (Wildman–Crippen MR) is 89.8 cm³/mol. The first kappa shape index (κ1) is 17.7. The summed E-state index contributed by atoms with van der Waals surface area (Å²) in [6.07, 6.45) is 1.18. The van der Waals surface area contributed by atoms with E-state index in [-0.39, 0.29) is 24.3 Å². The van der Waals surface area contributed by atoms with Crippen molar-refractivity contribution in [3.05, 3.63) is 46.5 Å². The van der Waals surface area contributed by atoms with E-state index in [1.54, 1.807) is 13.0 Å². The fourth-order valence-corrected chi connectivity index (χ4v) is 3.19. The molecule has 1 aromatic carbocycles. The average molecular weight is 349 g/mol. The van der Waals surface area contributed by atoms with Crippen LogP contribution in [0.25, 0.3) is 0 Å². The van der Waals surface area contributed by atoms with Crippen molar-refractivity contribution in [3.63, 3.8) is 0 Å². The molecule has 1 saturated heterocycles. The van der Waals surface area contributed by atoms with E-state index in [1.165, 1.54) is 18.2 Å². The Morgan fingerprint density at radius 1 is 1.50 bits per heavy atom. The number of carbonyl (C=O) groups is 3. The molecule has 0 unspecified atom stereocenters. The van der Waals surface area contributed by atoms with Gasteiger partial charge in [0.25, 0.3) is 10.9 Å². The van der Waals surface area contributed by atoms with Crippen LogP contribution in [0.1, 0.15) is 12.0 Å². The zero-order valence-corrected chi connectivity index (χ0v) is 13.7. The summed E-state index contributed by atoms with van der Waals surface area (Å²) in [5, 5.41) is 12.2. The van der Waals surface area contributed by atoms with Gasteiger partial charge in [0.15, 0.2) is 0 Å². The quantitative estimate of drug-likeness (QED) is 0.480. The number of nitro benzene ring substituents is 1. The third-order valence-electron chi connectivity index (χ3n) is 3.31. The predicted octanol–water partition coefficient (Wildman–Crippen LogP) is 2.48. The lowest BCUT2D eigenvalue weighted by atomic mass is 10.2. The number of nitro groups is 1. The number of rotatable bonds is 6. The van der Waals surface area contributed by atoms with Crippen molar-refractivity contribution in [3.8, 4) is 0 Å². The number of aryl methyl sites for hydroxylation is 1. The van der Waals surface area contributed by atoms with E-state index >= 15 is 0 Å². The van der Waals surface area contributed by atoms with Gasteiger partial charge in [-0.3, -0.25) is 29.4 Å². The molecule has 1 atom stereocenters. The highest BCUT2D eigenvalue weighted by Crippen LogP contribution is 2.30. The number of imide groups is 1. The van der Waals surface area contributed by atoms with Crippen LogP contribution >= 0.6 is 11.8 Å². The Balaban J connectivity index is 2.07. The number of anilines is 1. The molecule has 8 nitrogen and oxygen atoms in total. The number of hydrogen-bond acceptors (Lipinski definition) is 6. The van der Waals surface area contributed by atoms with Gasteiger partial charge in [0, 0.05) is 19.0 Å². The lowest BCUT2D eigenvalue weighted by molar-refractivity contribution is -0.384. The summed E-state index contributed by atoms with van der Waals surface area (Å²) in [5.74, 6) is -1.03. The van der Waals surface area contributed by atoms with Gasteiger partial charge < -0.3 is 5.32 Å². The van der Waals surface area contributed by atoms with E-state index in [9.17, 15) is 24.5 Å². The molecule has 0 radical (unpaired) electrons. The topological polar surface area (TPSA) is 110 Å². The van der Waals surface area contributed by atoms with Crippen LogP contribution in [-0.4, -0.2) is 38.7 Å². The van der Waals surface area contributed by atoms with E-state index in [4.69, 9.17) is 0 Å². The number of nitrogens with one attached hydrogen (secondary N) is 1. The first-order chi connectivity index (χ1) is 11.3. The number of benzene rings is 1. The van der Waals surface area contributed by atoms with Crippen molar-refractivity contribution in [2.75, 3.05) is 11.9 Å². The van der Waals surface area contributed by atoms with Crippen LogP contribution in [0.15, 0.2) is 30.9 Å². The lowest BCUT2D eigenvalue weighted by Crippen LogP contribution is -2.33. The third-order valence-corrected chi connectivity index (χ3v) is 4.39. The molecule has 9 heteroatoms. The maximum Gasteiger partial charge on any atom is 0.293 e. The van der Waals surface area contributed by atoms with Gasteiger partial charge in [-0.05, 0) is 18.6 Å². The van der Waals surface area contributed by atoms with Crippen molar-refractivity contribution in [1.29, 1.82) is 0 Å². The van der Waals surface area contributed by atoms with Crippen LogP contribution in [0.2, 0.25) is 0 Å². The van der Waals surface area contributed by atoms with E-state index in [0.717, 1.165) is 16.7 Å². The van der Waals surface area contributed by atoms with Gasteiger partial charge in [-0.15, -0.1) is 6.58 Å². The van der Waals surface area contributed by atoms with Crippen molar-refractivity contribution >= 4 is 40.2 Å². The molecule has 1 fully saturated rings. The largest absolute Gasteiger partial charge is 0.320 e. The molecule has 0 aliphatic carbocycles. The summed E-state index contributed by atoms with van der Waals surface area (Å²) in [6.45, 7) is 5.26. The summed E-state index contributed by atoms with van der Waals surface area (Å²) in [4.78, 5) is 47.3. The lowest BCUT2D eigenvalue weighted by Gasteiger charge is -2.11. The second kappa shape index (κ2) is 7.26. The fraction of sp³-hybridized carbons (Fsp3) is 0.267. The number of thioether (sulfide) groups is 1. The highest BCUT2D eigenvalue weighted by Gasteiger charge is 2.40. The Morgan fingerprint density at radius 2 is 2.21 bits per heavy atom. The van der Waals surface area contributed by atoms with Crippen molar-refractivity contribution in [2.45, 2.75) is 18.6 Å².